The van der Waals surface area contributed by atoms with Gasteiger partial charge in [-0.25, -0.2) is 4.98 Å². The number of amides is 1. The molecule has 0 radical (unpaired) electrons. The van der Waals surface area contributed by atoms with E-state index in [1.165, 1.54) is 0 Å². The molecule has 5 N–H and O–H groups in total. The third kappa shape index (κ3) is 2.97. The first-order chi connectivity index (χ1) is 7.77. The molecule has 17 heavy (non-hydrogen) atoms. The maximum atomic E-state index is 11.8. The minimum absolute atomic E-state index is 0.206. The fourth-order valence-electron chi connectivity index (χ4n) is 1.41. The van der Waals surface area contributed by atoms with Crippen molar-refractivity contribution in [2.75, 3.05) is 5.73 Å². The molecular weight excluding hydrogens is 218 g/mol. The molecule has 0 aliphatic rings. The quantitative estimate of drug-likeness (QED) is 0.674. The molecule has 1 heterocycles. The Labute approximate surface area is 101 Å². The second kappa shape index (κ2) is 4.75. The minimum Gasteiger partial charge on any atom is -0.383 e. The van der Waals surface area contributed by atoms with Crippen LogP contribution in [0, 0.1) is 0 Å². The van der Waals surface area contributed by atoms with Gasteiger partial charge in [0.05, 0.1) is 12.5 Å². The van der Waals surface area contributed by atoms with E-state index in [0.29, 0.717) is 12.2 Å². The highest BCUT2D eigenvalue weighted by Crippen LogP contribution is 2.21. The van der Waals surface area contributed by atoms with Crippen molar-refractivity contribution in [1.29, 1.82) is 0 Å². The molecule has 0 fully saturated rings. The molecule has 0 saturated carbocycles. The lowest BCUT2D eigenvalue weighted by molar-refractivity contribution is 0.0933. The molecule has 6 nitrogen and oxygen atoms in total. The van der Waals surface area contributed by atoms with Crippen LogP contribution in [0.1, 0.15) is 44.6 Å². The molecule has 0 aliphatic carbocycles. The third-order valence-corrected chi connectivity index (χ3v) is 2.50. The number of carbonyl (C=O) groups is 1. The highest BCUT2D eigenvalue weighted by molar-refractivity contribution is 5.96. The Hall–Kier alpha value is -1.56. The molecule has 0 aromatic carbocycles. The summed E-state index contributed by atoms with van der Waals surface area (Å²) >= 11 is 0. The number of aromatic nitrogens is 2. The lowest BCUT2D eigenvalue weighted by atomic mass is 10.1. The summed E-state index contributed by atoms with van der Waals surface area (Å²) in [5.41, 5.74) is 11.6. The van der Waals surface area contributed by atoms with Crippen molar-refractivity contribution in [2.45, 2.75) is 45.8 Å². The number of rotatable bonds is 3. The summed E-state index contributed by atoms with van der Waals surface area (Å²) in [7, 11) is 0. The summed E-state index contributed by atoms with van der Waals surface area (Å²) < 4.78 is 1.76. The summed E-state index contributed by atoms with van der Waals surface area (Å²) in [5.74, 6) is 0.0261. The summed E-state index contributed by atoms with van der Waals surface area (Å²) in [5, 5.41) is 2.63. The Bertz CT molecular complexity index is 404. The van der Waals surface area contributed by atoms with Crippen molar-refractivity contribution in [3.8, 4) is 0 Å². The molecule has 0 saturated heterocycles. The molecule has 0 spiro atoms. The van der Waals surface area contributed by atoms with Gasteiger partial charge in [-0.3, -0.25) is 4.79 Å². The largest absolute Gasteiger partial charge is 0.383 e. The van der Waals surface area contributed by atoms with Crippen LogP contribution in [0.2, 0.25) is 0 Å². The van der Waals surface area contributed by atoms with Crippen LogP contribution >= 0.6 is 0 Å². The van der Waals surface area contributed by atoms with E-state index in [1.54, 1.807) is 10.9 Å². The van der Waals surface area contributed by atoms with Crippen LogP contribution in [-0.2, 0) is 5.54 Å². The Kier molecular flexibility index (Phi) is 3.77. The van der Waals surface area contributed by atoms with E-state index >= 15 is 0 Å². The first-order valence-corrected chi connectivity index (χ1v) is 5.67. The molecule has 1 rings (SSSR count). The van der Waals surface area contributed by atoms with E-state index in [9.17, 15) is 4.79 Å². The average Bonchev–Trinajstić information content (AvgIpc) is 2.59. The standard InChI is InChI=1S/C11H21N5O/c1-5-7(12)15-10(17)8-9(13)16(6-14-8)11(2,3)4/h6-7H,5,12-13H2,1-4H3,(H,15,17). The molecule has 1 unspecified atom stereocenters. The van der Waals surface area contributed by atoms with Gasteiger partial charge in [0.1, 0.15) is 5.82 Å². The van der Waals surface area contributed by atoms with Gasteiger partial charge >= 0.3 is 0 Å². The van der Waals surface area contributed by atoms with Crippen molar-refractivity contribution in [3.05, 3.63) is 12.0 Å². The molecule has 96 valence electrons. The van der Waals surface area contributed by atoms with Gasteiger partial charge in [0, 0.05) is 5.54 Å². The number of nitrogens with one attached hydrogen (secondary N) is 1. The summed E-state index contributed by atoms with van der Waals surface area (Å²) in [6.45, 7) is 7.86. The van der Waals surface area contributed by atoms with Gasteiger partial charge in [-0.1, -0.05) is 6.92 Å². The van der Waals surface area contributed by atoms with Crippen molar-refractivity contribution in [2.24, 2.45) is 5.73 Å². The van der Waals surface area contributed by atoms with E-state index in [4.69, 9.17) is 11.5 Å². The topological polar surface area (TPSA) is 99.0 Å². The Morgan fingerprint density at radius 2 is 2.18 bits per heavy atom. The highest BCUT2D eigenvalue weighted by Gasteiger charge is 2.22. The maximum Gasteiger partial charge on any atom is 0.274 e. The highest BCUT2D eigenvalue weighted by atomic mass is 16.2. The predicted octanol–water partition coefficient (Wildman–Crippen LogP) is 0.645. The van der Waals surface area contributed by atoms with Gasteiger partial charge < -0.3 is 21.4 Å². The van der Waals surface area contributed by atoms with Gasteiger partial charge in [-0.2, -0.15) is 0 Å². The van der Waals surface area contributed by atoms with Crippen LogP contribution in [0.4, 0.5) is 5.82 Å². The van der Waals surface area contributed by atoms with E-state index < -0.39 is 0 Å². The first-order valence-electron chi connectivity index (χ1n) is 5.67. The van der Waals surface area contributed by atoms with Gasteiger partial charge in [-0.15, -0.1) is 0 Å². The molecule has 0 bridgehead atoms. The van der Waals surface area contributed by atoms with Gasteiger partial charge in [0.2, 0.25) is 0 Å². The van der Waals surface area contributed by atoms with Crippen LogP contribution in [-0.4, -0.2) is 21.6 Å². The van der Waals surface area contributed by atoms with Crippen LogP contribution < -0.4 is 16.8 Å². The number of nitrogen functional groups attached to an aromatic ring is 1. The van der Waals surface area contributed by atoms with E-state index in [1.807, 2.05) is 27.7 Å². The summed E-state index contributed by atoms with van der Waals surface area (Å²) in [4.78, 5) is 15.9. The van der Waals surface area contributed by atoms with Crippen molar-refractivity contribution < 1.29 is 4.79 Å². The SMILES string of the molecule is CCC(N)NC(=O)c1ncn(C(C)(C)C)c1N. The lowest BCUT2D eigenvalue weighted by Crippen LogP contribution is -2.41. The van der Waals surface area contributed by atoms with E-state index in [-0.39, 0.29) is 23.3 Å². The molecule has 1 amide bonds. The Morgan fingerprint density at radius 3 is 2.59 bits per heavy atom. The smallest absolute Gasteiger partial charge is 0.274 e. The lowest BCUT2D eigenvalue weighted by Gasteiger charge is -2.22. The van der Waals surface area contributed by atoms with Crippen LogP contribution in [0.15, 0.2) is 6.33 Å². The normalized spacial score (nSPS) is 13.5. The number of hydrogen-bond acceptors (Lipinski definition) is 4. The number of anilines is 1. The van der Waals surface area contributed by atoms with Crippen molar-refractivity contribution in [1.82, 2.24) is 14.9 Å². The van der Waals surface area contributed by atoms with Crippen molar-refractivity contribution >= 4 is 11.7 Å². The number of imidazole rings is 1. The van der Waals surface area contributed by atoms with E-state index in [0.717, 1.165) is 0 Å². The Morgan fingerprint density at radius 1 is 1.59 bits per heavy atom. The minimum atomic E-state index is -0.373. The molecule has 6 heteroatoms. The number of nitrogens with zero attached hydrogens (tertiary/aromatic N) is 2. The fourth-order valence-corrected chi connectivity index (χ4v) is 1.41. The summed E-state index contributed by atoms with van der Waals surface area (Å²) in [6, 6.07) is 0. The molecule has 0 aliphatic heterocycles. The third-order valence-electron chi connectivity index (χ3n) is 2.50. The fraction of sp³-hybridized carbons (Fsp3) is 0.636. The first kappa shape index (κ1) is 13.5. The number of nitrogens with two attached hydrogens (primary N) is 2. The van der Waals surface area contributed by atoms with Gasteiger partial charge in [0.15, 0.2) is 5.69 Å². The molecule has 1 aromatic rings. The predicted molar refractivity (Wildman–Crippen MR) is 67.4 cm³/mol. The number of hydrogen-bond donors (Lipinski definition) is 3. The maximum absolute atomic E-state index is 11.8. The Balaban J connectivity index is 2.94. The monoisotopic (exact) mass is 239 g/mol. The van der Waals surface area contributed by atoms with E-state index in [2.05, 4.69) is 10.3 Å². The zero-order valence-corrected chi connectivity index (χ0v) is 10.8. The average molecular weight is 239 g/mol. The number of carbonyl (C=O) groups excluding carboxylic acids is 1. The molecule has 1 aromatic heterocycles. The second-order valence-corrected chi connectivity index (χ2v) is 5.01. The second-order valence-electron chi connectivity index (χ2n) is 5.01. The van der Waals surface area contributed by atoms with Crippen LogP contribution in [0.3, 0.4) is 0 Å². The summed E-state index contributed by atoms with van der Waals surface area (Å²) in [6.07, 6.45) is 1.86. The zero-order valence-electron chi connectivity index (χ0n) is 10.8. The van der Waals surface area contributed by atoms with Gasteiger partial charge in [0.25, 0.3) is 5.91 Å². The van der Waals surface area contributed by atoms with Crippen LogP contribution in [0.5, 0.6) is 0 Å². The van der Waals surface area contributed by atoms with Crippen LogP contribution in [0.25, 0.3) is 0 Å². The molecular formula is C11H21N5O. The molecule has 1 atom stereocenters. The zero-order chi connectivity index (χ0) is 13.2. The van der Waals surface area contributed by atoms with Crippen molar-refractivity contribution in [3.63, 3.8) is 0 Å². The van der Waals surface area contributed by atoms with Gasteiger partial charge in [-0.05, 0) is 27.2 Å².